The Hall–Kier alpha value is -3.92. The van der Waals surface area contributed by atoms with Gasteiger partial charge in [0.2, 0.25) is 17.6 Å². The highest BCUT2D eigenvalue weighted by molar-refractivity contribution is 8.05. The molecule has 3 rings (SSSR count). The van der Waals surface area contributed by atoms with Crippen molar-refractivity contribution in [2.75, 3.05) is 0 Å². The minimum Gasteiger partial charge on any atom is -0.480 e. The van der Waals surface area contributed by atoms with Gasteiger partial charge in [0.05, 0.1) is 10.5 Å². The molecule has 2 atom stereocenters. The Balaban J connectivity index is 1.69. The fourth-order valence-corrected chi connectivity index (χ4v) is 4.82. The number of nitrogens with one attached hydrogen (secondary N) is 3. The summed E-state index contributed by atoms with van der Waals surface area (Å²) in [6.07, 6.45) is 1.72. The SMILES string of the molecule is CC(=O)N[C@H](C(=O)NCc1ccc(/C=C2\Sc3c(C(=O)N[C@@H](C)C(=O)O)cccc3C2=O)cc1)C(C)C. The number of allylic oxidation sites excluding steroid dienone is 1. The molecule has 1 heterocycles. The molecule has 9 nitrogen and oxygen atoms in total. The molecule has 10 heteroatoms. The van der Waals surface area contributed by atoms with Crippen LogP contribution in [0.4, 0.5) is 0 Å². The van der Waals surface area contributed by atoms with E-state index in [4.69, 9.17) is 5.11 Å². The summed E-state index contributed by atoms with van der Waals surface area (Å²) < 4.78 is 0. The van der Waals surface area contributed by atoms with Crippen molar-refractivity contribution in [1.82, 2.24) is 16.0 Å². The van der Waals surface area contributed by atoms with E-state index in [9.17, 15) is 24.0 Å². The van der Waals surface area contributed by atoms with Crippen molar-refractivity contribution in [2.24, 2.45) is 5.92 Å². The minimum atomic E-state index is -1.15. The Morgan fingerprint density at radius 3 is 2.27 bits per heavy atom. The Morgan fingerprint density at radius 1 is 1.00 bits per heavy atom. The van der Waals surface area contributed by atoms with Crippen LogP contribution in [0.3, 0.4) is 0 Å². The molecule has 0 bridgehead atoms. The molecule has 37 heavy (non-hydrogen) atoms. The molecular weight excluding hydrogens is 494 g/mol. The van der Waals surface area contributed by atoms with Gasteiger partial charge in [-0.2, -0.15) is 0 Å². The van der Waals surface area contributed by atoms with E-state index in [1.165, 1.54) is 25.6 Å². The largest absolute Gasteiger partial charge is 0.480 e. The van der Waals surface area contributed by atoms with Gasteiger partial charge in [-0.15, -0.1) is 0 Å². The molecular formula is C27H29N3O6S. The van der Waals surface area contributed by atoms with Crippen molar-refractivity contribution < 1.29 is 29.1 Å². The molecule has 2 aromatic rings. The number of carbonyl (C=O) groups excluding carboxylic acids is 4. The first-order valence-corrected chi connectivity index (χ1v) is 12.5. The first-order valence-electron chi connectivity index (χ1n) is 11.7. The zero-order valence-corrected chi connectivity index (χ0v) is 21.8. The van der Waals surface area contributed by atoms with Crippen LogP contribution in [0.2, 0.25) is 0 Å². The molecule has 0 fully saturated rings. The Kier molecular flexibility index (Phi) is 8.88. The lowest BCUT2D eigenvalue weighted by Crippen LogP contribution is -2.48. The van der Waals surface area contributed by atoms with E-state index in [0.29, 0.717) is 15.4 Å². The smallest absolute Gasteiger partial charge is 0.325 e. The van der Waals surface area contributed by atoms with Gasteiger partial charge in [0, 0.05) is 23.9 Å². The third kappa shape index (κ3) is 6.85. The van der Waals surface area contributed by atoms with Crippen molar-refractivity contribution in [2.45, 2.75) is 51.2 Å². The molecule has 1 aliphatic rings. The molecule has 0 aromatic heterocycles. The average Bonchev–Trinajstić information content (AvgIpc) is 3.16. The van der Waals surface area contributed by atoms with Gasteiger partial charge in [-0.05, 0) is 42.2 Å². The van der Waals surface area contributed by atoms with E-state index in [1.54, 1.807) is 24.3 Å². The number of aliphatic carboxylic acids is 1. The van der Waals surface area contributed by atoms with Crippen LogP contribution in [0.15, 0.2) is 52.3 Å². The maximum atomic E-state index is 13.0. The van der Waals surface area contributed by atoms with Gasteiger partial charge in [-0.3, -0.25) is 24.0 Å². The van der Waals surface area contributed by atoms with Crippen molar-refractivity contribution in [3.63, 3.8) is 0 Å². The molecule has 1 aliphatic heterocycles. The average molecular weight is 524 g/mol. The number of carboxylic acid groups (broad SMARTS) is 1. The molecule has 0 saturated heterocycles. The summed E-state index contributed by atoms with van der Waals surface area (Å²) in [5, 5.41) is 17.0. The highest BCUT2D eigenvalue weighted by Crippen LogP contribution is 2.43. The quantitative estimate of drug-likeness (QED) is 0.370. The van der Waals surface area contributed by atoms with Gasteiger partial charge < -0.3 is 21.1 Å². The fourth-order valence-electron chi connectivity index (χ4n) is 3.66. The van der Waals surface area contributed by atoms with Gasteiger partial charge in [0.15, 0.2) is 0 Å². The summed E-state index contributed by atoms with van der Waals surface area (Å²) in [5.41, 5.74) is 2.26. The van der Waals surface area contributed by atoms with Crippen LogP contribution in [-0.2, 0) is 20.9 Å². The van der Waals surface area contributed by atoms with Crippen molar-refractivity contribution >= 4 is 47.3 Å². The van der Waals surface area contributed by atoms with Crippen LogP contribution >= 0.6 is 11.8 Å². The van der Waals surface area contributed by atoms with Crippen LogP contribution in [0.1, 0.15) is 59.5 Å². The second-order valence-corrected chi connectivity index (χ2v) is 10.1. The molecule has 4 N–H and O–H groups in total. The summed E-state index contributed by atoms with van der Waals surface area (Å²) in [7, 11) is 0. The second kappa shape index (κ2) is 11.9. The van der Waals surface area contributed by atoms with Crippen molar-refractivity contribution in [3.05, 3.63) is 69.6 Å². The van der Waals surface area contributed by atoms with Crippen molar-refractivity contribution in [1.29, 1.82) is 0 Å². The zero-order valence-electron chi connectivity index (χ0n) is 21.0. The van der Waals surface area contributed by atoms with Gasteiger partial charge in [-0.25, -0.2) is 0 Å². The maximum absolute atomic E-state index is 13.0. The number of Topliss-reactive ketones (excluding diaryl/α,β-unsaturated/α-hetero) is 1. The van der Waals surface area contributed by atoms with Crippen LogP contribution < -0.4 is 16.0 Å². The van der Waals surface area contributed by atoms with Gasteiger partial charge in [0.1, 0.15) is 12.1 Å². The van der Waals surface area contributed by atoms with Crippen LogP contribution in [0.5, 0.6) is 0 Å². The predicted molar refractivity (Wildman–Crippen MR) is 140 cm³/mol. The number of ketones is 1. The molecule has 0 saturated carbocycles. The number of hydrogen-bond acceptors (Lipinski definition) is 6. The predicted octanol–water partition coefficient (Wildman–Crippen LogP) is 3.00. The lowest BCUT2D eigenvalue weighted by atomic mass is 10.0. The van der Waals surface area contributed by atoms with E-state index in [2.05, 4.69) is 16.0 Å². The van der Waals surface area contributed by atoms with Crippen molar-refractivity contribution in [3.8, 4) is 0 Å². The number of thioether (sulfide) groups is 1. The molecule has 3 amide bonds. The van der Waals surface area contributed by atoms with Gasteiger partial charge in [-0.1, -0.05) is 55.9 Å². The van der Waals surface area contributed by atoms with E-state index in [0.717, 1.165) is 11.1 Å². The Labute approximate surface area is 219 Å². The first-order chi connectivity index (χ1) is 17.5. The van der Waals surface area contributed by atoms with Gasteiger partial charge >= 0.3 is 5.97 Å². The number of hydrogen-bond donors (Lipinski definition) is 4. The third-order valence-electron chi connectivity index (χ3n) is 5.71. The Bertz CT molecular complexity index is 1270. The number of fused-ring (bicyclic) bond motifs is 1. The molecule has 0 spiro atoms. The highest BCUT2D eigenvalue weighted by atomic mass is 32.2. The maximum Gasteiger partial charge on any atom is 0.325 e. The first kappa shape index (κ1) is 27.7. The standard InChI is InChI=1S/C27H29N3O6S/c1-14(2)22(30-16(4)31)26(34)28-13-18-10-8-17(9-11-18)12-21-23(32)19-6-5-7-20(24(19)37-21)25(33)29-15(3)27(35)36/h5-12,14-15,22H,13H2,1-4H3,(H,28,34)(H,29,33)(H,30,31)(H,35,36)/b21-12-/t15-,22-/m0/s1. The molecule has 194 valence electrons. The third-order valence-corrected chi connectivity index (χ3v) is 6.88. The molecule has 0 radical (unpaired) electrons. The van der Waals surface area contributed by atoms with Crippen LogP contribution in [-0.4, -0.2) is 46.7 Å². The van der Waals surface area contributed by atoms with Crippen LogP contribution in [0, 0.1) is 5.92 Å². The number of carbonyl (C=O) groups is 5. The summed E-state index contributed by atoms with van der Waals surface area (Å²) in [5.74, 6) is -2.51. The number of rotatable bonds is 9. The van der Waals surface area contributed by atoms with E-state index in [-0.39, 0.29) is 35.6 Å². The van der Waals surface area contributed by atoms with Gasteiger partial charge in [0.25, 0.3) is 5.91 Å². The van der Waals surface area contributed by atoms with Crippen LogP contribution in [0.25, 0.3) is 6.08 Å². The summed E-state index contributed by atoms with van der Waals surface area (Å²) >= 11 is 1.17. The lowest BCUT2D eigenvalue weighted by Gasteiger charge is -2.20. The topological polar surface area (TPSA) is 142 Å². The molecule has 2 aromatic carbocycles. The summed E-state index contributed by atoms with van der Waals surface area (Å²) in [6.45, 7) is 6.74. The highest BCUT2D eigenvalue weighted by Gasteiger charge is 2.30. The monoisotopic (exact) mass is 523 g/mol. The normalized spacial score (nSPS) is 15.2. The van der Waals surface area contributed by atoms with E-state index < -0.39 is 24.0 Å². The molecule has 0 unspecified atom stereocenters. The number of benzene rings is 2. The zero-order chi connectivity index (χ0) is 27.3. The minimum absolute atomic E-state index is 0.0596. The molecule has 0 aliphatic carbocycles. The summed E-state index contributed by atoms with van der Waals surface area (Å²) in [4.78, 5) is 61.4. The van der Waals surface area contributed by atoms with E-state index >= 15 is 0 Å². The number of amides is 3. The van der Waals surface area contributed by atoms with E-state index in [1.807, 2.05) is 38.1 Å². The number of carboxylic acids is 1. The Morgan fingerprint density at radius 2 is 1.68 bits per heavy atom. The lowest BCUT2D eigenvalue weighted by molar-refractivity contribution is -0.138. The second-order valence-electron chi connectivity index (χ2n) is 9.04. The summed E-state index contributed by atoms with van der Waals surface area (Å²) in [6, 6.07) is 10.4. The fraction of sp³-hybridized carbons (Fsp3) is 0.296.